The zero-order chi connectivity index (χ0) is 31.3. The maximum Gasteiger partial charge on any atom is 0.353 e. The summed E-state index contributed by atoms with van der Waals surface area (Å²) >= 11 is 0. The zero-order valence-electron chi connectivity index (χ0n) is 25.6. The molecule has 2 aliphatic rings. The summed E-state index contributed by atoms with van der Waals surface area (Å²) in [5.74, 6) is -1.53. The quantitative estimate of drug-likeness (QED) is 0.212. The first-order chi connectivity index (χ1) is 21.3. The molecule has 1 N–H and O–H groups in total. The van der Waals surface area contributed by atoms with Crippen LogP contribution in [0, 0.1) is 5.92 Å². The fourth-order valence-corrected chi connectivity index (χ4v) is 6.14. The second-order valence-corrected chi connectivity index (χ2v) is 11.0. The molecule has 4 aromatic carbocycles. The molecule has 0 radical (unpaired) electrons. The van der Waals surface area contributed by atoms with Gasteiger partial charge in [0.05, 0.1) is 23.9 Å². The van der Waals surface area contributed by atoms with Gasteiger partial charge < -0.3 is 19.5 Å². The molecule has 0 amide bonds. The van der Waals surface area contributed by atoms with Gasteiger partial charge in [-0.15, -0.1) is 0 Å². The number of ether oxygens (including phenoxy) is 1. The van der Waals surface area contributed by atoms with Crippen molar-refractivity contribution in [3.05, 3.63) is 96.1 Å². The van der Waals surface area contributed by atoms with Gasteiger partial charge in [0, 0.05) is 17.5 Å². The highest BCUT2D eigenvalue weighted by Crippen LogP contribution is 2.39. The predicted molar refractivity (Wildman–Crippen MR) is 172 cm³/mol. The maximum absolute atomic E-state index is 12.2. The normalized spacial score (nSPS) is 22.3. The Morgan fingerprint density at radius 1 is 0.795 bits per heavy atom. The average molecular weight is 595 g/mol. The molecule has 0 aromatic heterocycles. The van der Waals surface area contributed by atoms with E-state index in [0.717, 1.165) is 44.1 Å². The van der Waals surface area contributed by atoms with E-state index in [9.17, 15) is 14.7 Å². The minimum Gasteiger partial charge on any atom is -0.478 e. The summed E-state index contributed by atoms with van der Waals surface area (Å²) in [5.41, 5.74) is 1.28. The Labute approximate surface area is 257 Å². The summed E-state index contributed by atoms with van der Waals surface area (Å²) in [4.78, 5) is 35.0. The highest BCUT2D eigenvalue weighted by atomic mass is 16.7. The van der Waals surface area contributed by atoms with Gasteiger partial charge in [-0.2, -0.15) is 0 Å². The van der Waals surface area contributed by atoms with Crippen LogP contribution in [0.25, 0.3) is 21.5 Å². The van der Waals surface area contributed by atoms with Gasteiger partial charge in [-0.25, -0.2) is 9.59 Å². The minimum atomic E-state index is -1.25. The molecule has 0 saturated heterocycles. The first kappa shape index (κ1) is 30.7. The van der Waals surface area contributed by atoms with E-state index in [1.807, 2.05) is 87.5 Å². The molecule has 4 aromatic rings. The van der Waals surface area contributed by atoms with Crippen LogP contribution in [0.3, 0.4) is 0 Å². The van der Waals surface area contributed by atoms with Gasteiger partial charge in [0.15, 0.2) is 0 Å². The number of rotatable bonds is 8. The number of esters is 1. The van der Waals surface area contributed by atoms with Crippen molar-refractivity contribution in [3.8, 4) is 0 Å². The molecule has 0 spiro atoms. The molecule has 0 saturated carbocycles. The van der Waals surface area contributed by atoms with Crippen LogP contribution >= 0.6 is 0 Å². The SMILES string of the molecule is CCC1C(c2cccc3ccccc23)=NOC1(CC)C(=O)O.CCOC(=O)C1(CC)CC(c2cccc3ccccc23)=NO1. The van der Waals surface area contributed by atoms with E-state index in [1.54, 1.807) is 6.92 Å². The number of oxime groups is 2. The van der Waals surface area contributed by atoms with Crippen LogP contribution < -0.4 is 0 Å². The van der Waals surface area contributed by atoms with Crippen molar-refractivity contribution < 1.29 is 29.1 Å². The van der Waals surface area contributed by atoms with E-state index in [2.05, 4.69) is 28.5 Å². The van der Waals surface area contributed by atoms with Crippen molar-refractivity contribution in [1.82, 2.24) is 0 Å². The topological polar surface area (TPSA) is 107 Å². The average Bonchev–Trinajstić information content (AvgIpc) is 3.68. The fraction of sp³-hybridized carbons (Fsp3) is 0.333. The first-order valence-corrected chi connectivity index (χ1v) is 15.2. The van der Waals surface area contributed by atoms with Gasteiger partial charge in [0.25, 0.3) is 0 Å². The molecule has 228 valence electrons. The number of benzene rings is 4. The Balaban J connectivity index is 0.000000175. The molecule has 2 heterocycles. The van der Waals surface area contributed by atoms with Gasteiger partial charge >= 0.3 is 11.9 Å². The van der Waals surface area contributed by atoms with E-state index in [0.29, 0.717) is 32.3 Å². The number of aliphatic carboxylic acids is 1. The summed E-state index contributed by atoms with van der Waals surface area (Å²) in [6, 6.07) is 28.3. The summed E-state index contributed by atoms with van der Waals surface area (Å²) < 4.78 is 5.15. The van der Waals surface area contributed by atoms with Gasteiger partial charge in [0.2, 0.25) is 11.2 Å². The summed E-state index contributed by atoms with van der Waals surface area (Å²) in [6.45, 7) is 7.86. The van der Waals surface area contributed by atoms with Gasteiger partial charge in [-0.1, -0.05) is 116 Å². The predicted octanol–water partition coefficient (Wildman–Crippen LogP) is 7.51. The molecule has 8 nitrogen and oxygen atoms in total. The van der Waals surface area contributed by atoms with Crippen LogP contribution in [-0.4, -0.2) is 46.3 Å². The van der Waals surface area contributed by atoms with E-state index >= 15 is 0 Å². The number of hydrogen-bond donors (Lipinski definition) is 1. The molecular weight excluding hydrogens is 556 g/mol. The second kappa shape index (κ2) is 12.9. The molecule has 2 aliphatic heterocycles. The Morgan fingerprint density at radius 3 is 1.95 bits per heavy atom. The van der Waals surface area contributed by atoms with Crippen LogP contribution in [0.2, 0.25) is 0 Å². The van der Waals surface area contributed by atoms with Crippen LogP contribution in [0.5, 0.6) is 0 Å². The van der Waals surface area contributed by atoms with Gasteiger partial charge in [-0.05, 0) is 47.7 Å². The number of fused-ring (bicyclic) bond motifs is 2. The van der Waals surface area contributed by atoms with Crippen molar-refractivity contribution in [1.29, 1.82) is 0 Å². The zero-order valence-corrected chi connectivity index (χ0v) is 25.6. The monoisotopic (exact) mass is 594 g/mol. The lowest BCUT2D eigenvalue weighted by Gasteiger charge is -2.27. The van der Waals surface area contributed by atoms with Crippen LogP contribution in [0.15, 0.2) is 95.2 Å². The van der Waals surface area contributed by atoms with Crippen molar-refractivity contribution in [2.24, 2.45) is 16.2 Å². The van der Waals surface area contributed by atoms with Gasteiger partial charge in [-0.3, -0.25) is 0 Å². The minimum absolute atomic E-state index is 0.249. The number of nitrogens with zero attached hydrogens (tertiary/aromatic N) is 2. The molecule has 44 heavy (non-hydrogen) atoms. The lowest BCUT2D eigenvalue weighted by atomic mass is 9.78. The van der Waals surface area contributed by atoms with Gasteiger partial charge in [0.1, 0.15) is 0 Å². The summed E-state index contributed by atoms with van der Waals surface area (Å²) in [6.07, 6.45) is 2.03. The van der Waals surface area contributed by atoms with Crippen molar-refractivity contribution in [2.45, 2.75) is 64.6 Å². The van der Waals surface area contributed by atoms with Crippen molar-refractivity contribution in [3.63, 3.8) is 0 Å². The largest absolute Gasteiger partial charge is 0.478 e. The van der Waals surface area contributed by atoms with Crippen molar-refractivity contribution >= 4 is 44.9 Å². The first-order valence-electron chi connectivity index (χ1n) is 15.2. The molecule has 3 unspecified atom stereocenters. The van der Waals surface area contributed by atoms with E-state index in [-0.39, 0.29) is 11.9 Å². The highest BCUT2D eigenvalue weighted by Gasteiger charge is 2.53. The van der Waals surface area contributed by atoms with Crippen molar-refractivity contribution in [2.75, 3.05) is 6.61 Å². The number of carbonyl (C=O) groups excluding carboxylic acids is 1. The van der Waals surface area contributed by atoms with E-state index < -0.39 is 17.2 Å². The Hall–Kier alpha value is -4.72. The number of carboxylic acid groups (broad SMARTS) is 1. The number of hydrogen-bond acceptors (Lipinski definition) is 7. The number of carbonyl (C=O) groups is 2. The summed E-state index contributed by atoms with van der Waals surface area (Å²) in [5, 5.41) is 22.5. The molecular formula is C36H38N2O6. The molecule has 3 atom stereocenters. The van der Waals surface area contributed by atoms with E-state index in [1.165, 1.54) is 0 Å². The third-order valence-electron chi connectivity index (χ3n) is 8.66. The maximum atomic E-state index is 12.2. The Kier molecular flexibility index (Phi) is 8.99. The summed E-state index contributed by atoms with van der Waals surface area (Å²) in [7, 11) is 0. The second-order valence-electron chi connectivity index (χ2n) is 11.0. The lowest BCUT2D eigenvalue weighted by molar-refractivity contribution is -0.169. The molecule has 0 bridgehead atoms. The van der Waals surface area contributed by atoms with Crippen LogP contribution in [0.4, 0.5) is 0 Å². The third kappa shape index (κ3) is 5.41. The molecule has 8 heteroatoms. The van der Waals surface area contributed by atoms with Crippen LogP contribution in [-0.2, 0) is 24.0 Å². The number of carboxylic acids is 1. The highest BCUT2D eigenvalue weighted by molar-refractivity contribution is 6.14. The van der Waals surface area contributed by atoms with E-state index in [4.69, 9.17) is 14.4 Å². The van der Waals surface area contributed by atoms with Crippen LogP contribution in [0.1, 0.15) is 64.5 Å². The fourth-order valence-electron chi connectivity index (χ4n) is 6.14. The lowest BCUT2D eigenvalue weighted by Crippen LogP contribution is -2.46. The molecule has 6 rings (SSSR count). The molecule has 0 aliphatic carbocycles. The molecule has 0 fully saturated rings. The Bertz CT molecular complexity index is 1740. The standard InChI is InChI=1S/2C18H19NO3/c1-3-18(17(20)21-4-2)12-16(19-22-18)15-11-7-9-13-8-5-6-10-14(13)15;1-3-15-16(19-22-18(15,4-2)17(20)21)14-11-7-9-12-8-5-6-10-13(12)14/h5-11H,3-4,12H2,1-2H3;5-11,15H,3-4H2,1-2H3,(H,20,21). The Morgan fingerprint density at radius 2 is 1.39 bits per heavy atom. The third-order valence-corrected chi connectivity index (χ3v) is 8.66. The smallest absolute Gasteiger partial charge is 0.353 e.